The Morgan fingerprint density at radius 3 is 2.88 bits per heavy atom. The van der Waals surface area contributed by atoms with Gasteiger partial charge in [0, 0.05) is 6.04 Å². The number of hydrogen-bond acceptors (Lipinski definition) is 3. The summed E-state index contributed by atoms with van der Waals surface area (Å²) in [5, 5.41) is 15.5. The number of nitrogens with one attached hydrogen (secondary N) is 2. The Labute approximate surface area is 94.7 Å². The van der Waals surface area contributed by atoms with Gasteiger partial charge < -0.3 is 15.7 Å². The Morgan fingerprint density at radius 1 is 1.50 bits per heavy atom. The molecule has 3 N–H and O–H groups in total. The predicted octanol–water partition coefficient (Wildman–Crippen LogP) is 1.33. The smallest absolute Gasteiger partial charge is 0.229 e. The summed E-state index contributed by atoms with van der Waals surface area (Å²) >= 11 is 0. The molecule has 4 heteroatoms. The molecule has 1 heterocycles. The molecule has 2 rings (SSSR count). The van der Waals surface area contributed by atoms with Gasteiger partial charge in [-0.3, -0.25) is 4.79 Å². The fraction of sp³-hybridized carbons (Fsp3) is 0.417. The van der Waals surface area contributed by atoms with Crippen LogP contribution in [0, 0.1) is 5.92 Å². The molecule has 0 radical (unpaired) electrons. The van der Waals surface area contributed by atoms with Gasteiger partial charge in [0.15, 0.2) is 0 Å². The Kier molecular flexibility index (Phi) is 3.10. The molecule has 2 atom stereocenters. The maximum absolute atomic E-state index is 11.9. The number of phenols is 1. The second kappa shape index (κ2) is 4.53. The van der Waals surface area contributed by atoms with Crippen molar-refractivity contribution in [1.82, 2.24) is 5.32 Å². The van der Waals surface area contributed by atoms with Crippen LogP contribution in [0.1, 0.15) is 13.3 Å². The summed E-state index contributed by atoms with van der Waals surface area (Å²) in [7, 11) is 0. The molecule has 0 spiro atoms. The van der Waals surface area contributed by atoms with Crippen LogP contribution in [0.15, 0.2) is 24.3 Å². The zero-order valence-corrected chi connectivity index (χ0v) is 9.23. The third kappa shape index (κ3) is 2.17. The third-order valence-corrected chi connectivity index (χ3v) is 3.02. The molecule has 1 fully saturated rings. The molecule has 2 unspecified atom stereocenters. The van der Waals surface area contributed by atoms with Crippen LogP contribution in [-0.2, 0) is 4.79 Å². The summed E-state index contributed by atoms with van der Waals surface area (Å²) < 4.78 is 0. The van der Waals surface area contributed by atoms with E-state index in [1.807, 2.05) is 6.92 Å². The Morgan fingerprint density at radius 2 is 2.25 bits per heavy atom. The van der Waals surface area contributed by atoms with E-state index < -0.39 is 0 Å². The highest BCUT2D eigenvalue weighted by atomic mass is 16.3. The lowest BCUT2D eigenvalue weighted by atomic mass is 10.0. The lowest BCUT2D eigenvalue weighted by Gasteiger charge is -2.15. The van der Waals surface area contributed by atoms with Gasteiger partial charge in [0.05, 0.1) is 11.6 Å². The number of benzene rings is 1. The highest BCUT2D eigenvalue weighted by Crippen LogP contribution is 2.24. The van der Waals surface area contributed by atoms with Gasteiger partial charge in [0.1, 0.15) is 5.75 Å². The average Bonchev–Trinajstić information content (AvgIpc) is 2.68. The zero-order chi connectivity index (χ0) is 11.5. The van der Waals surface area contributed by atoms with E-state index in [0.717, 1.165) is 13.0 Å². The molecule has 1 saturated heterocycles. The molecule has 1 aliphatic rings. The van der Waals surface area contributed by atoms with Gasteiger partial charge in [-0.25, -0.2) is 0 Å². The fourth-order valence-corrected chi connectivity index (χ4v) is 2.02. The van der Waals surface area contributed by atoms with Crippen molar-refractivity contribution < 1.29 is 9.90 Å². The van der Waals surface area contributed by atoms with Crippen molar-refractivity contribution >= 4 is 11.6 Å². The quantitative estimate of drug-likeness (QED) is 0.659. The van der Waals surface area contributed by atoms with E-state index in [-0.39, 0.29) is 23.6 Å². The summed E-state index contributed by atoms with van der Waals surface area (Å²) in [5.74, 6) is 0.0630. The molecule has 16 heavy (non-hydrogen) atoms. The van der Waals surface area contributed by atoms with Gasteiger partial charge in [-0.15, -0.1) is 0 Å². The van der Waals surface area contributed by atoms with E-state index in [2.05, 4.69) is 10.6 Å². The monoisotopic (exact) mass is 220 g/mol. The second-order valence-electron chi connectivity index (χ2n) is 4.14. The minimum absolute atomic E-state index is 0.0143. The van der Waals surface area contributed by atoms with Crippen molar-refractivity contribution in [2.75, 3.05) is 11.9 Å². The van der Waals surface area contributed by atoms with Gasteiger partial charge in [-0.05, 0) is 32.0 Å². The second-order valence-corrected chi connectivity index (χ2v) is 4.14. The Bertz CT molecular complexity index is 392. The minimum Gasteiger partial charge on any atom is -0.506 e. The van der Waals surface area contributed by atoms with E-state index in [0.29, 0.717) is 5.69 Å². The maximum Gasteiger partial charge on any atom is 0.229 e. The van der Waals surface area contributed by atoms with E-state index in [9.17, 15) is 9.90 Å². The lowest BCUT2D eigenvalue weighted by molar-refractivity contribution is -0.120. The molecule has 4 nitrogen and oxygen atoms in total. The van der Waals surface area contributed by atoms with Crippen LogP contribution < -0.4 is 10.6 Å². The highest BCUT2D eigenvalue weighted by molar-refractivity contribution is 5.94. The molecule has 1 amide bonds. The van der Waals surface area contributed by atoms with Gasteiger partial charge in [-0.2, -0.15) is 0 Å². The molecule has 86 valence electrons. The topological polar surface area (TPSA) is 61.4 Å². The molecular formula is C12H16N2O2. The Hall–Kier alpha value is -1.55. The van der Waals surface area contributed by atoms with Gasteiger partial charge >= 0.3 is 0 Å². The molecule has 0 aliphatic carbocycles. The number of phenolic OH excluding ortho intramolecular Hbond substituents is 1. The zero-order valence-electron chi connectivity index (χ0n) is 9.23. The van der Waals surface area contributed by atoms with Crippen molar-refractivity contribution in [2.24, 2.45) is 5.92 Å². The molecule has 1 aromatic rings. The van der Waals surface area contributed by atoms with Crippen LogP contribution in [-0.4, -0.2) is 23.6 Å². The van der Waals surface area contributed by atoms with E-state index in [1.54, 1.807) is 24.3 Å². The summed E-state index contributed by atoms with van der Waals surface area (Å²) in [4.78, 5) is 11.9. The number of amides is 1. The first-order chi connectivity index (χ1) is 7.68. The number of carbonyl (C=O) groups excluding carboxylic acids is 1. The number of hydrogen-bond donors (Lipinski definition) is 3. The number of rotatable bonds is 2. The SMILES string of the molecule is CC1NCCC1C(=O)Nc1ccccc1O. The van der Waals surface area contributed by atoms with Crippen molar-refractivity contribution in [2.45, 2.75) is 19.4 Å². The summed E-state index contributed by atoms with van der Waals surface area (Å²) in [6.07, 6.45) is 0.848. The Balaban J connectivity index is 2.05. The molecule has 0 aromatic heterocycles. The third-order valence-electron chi connectivity index (χ3n) is 3.02. The molecule has 1 aliphatic heterocycles. The van der Waals surface area contributed by atoms with E-state index >= 15 is 0 Å². The van der Waals surface area contributed by atoms with Gasteiger partial charge in [-0.1, -0.05) is 12.1 Å². The normalized spacial score (nSPS) is 24.3. The van der Waals surface area contributed by atoms with Crippen LogP contribution in [0.5, 0.6) is 5.75 Å². The molecule has 0 saturated carbocycles. The number of para-hydroxylation sites is 2. The van der Waals surface area contributed by atoms with E-state index in [1.165, 1.54) is 0 Å². The standard InChI is InChI=1S/C12H16N2O2/c1-8-9(6-7-13-8)12(16)14-10-4-2-3-5-11(10)15/h2-5,8-9,13,15H,6-7H2,1H3,(H,14,16). The minimum atomic E-state index is -0.0287. The van der Waals surface area contributed by atoms with Crippen LogP contribution >= 0.6 is 0 Å². The van der Waals surface area contributed by atoms with Crippen molar-refractivity contribution in [3.8, 4) is 5.75 Å². The van der Waals surface area contributed by atoms with Crippen molar-refractivity contribution in [3.63, 3.8) is 0 Å². The summed E-state index contributed by atoms with van der Waals surface area (Å²) in [6, 6.07) is 6.97. The van der Waals surface area contributed by atoms with Crippen LogP contribution in [0.25, 0.3) is 0 Å². The molecule has 1 aromatic carbocycles. The van der Waals surface area contributed by atoms with Crippen LogP contribution in [0.3, 0.4) is 0 Å². The largest absolute Gasteiger partial charge is 0.506 e. The van der Waals surface area contributed by atoms with Crippen molar-refractivity contribution in [3.05, 3.63) is 24.3 Å². The molecule has 0 bridgehead atoms. The first-order valence-corrected chi connectivity index (χ1v) is 5.50. The van der Waals surface area contributed by atoms with Crippen LogP contribution in [0.2, 0.25) is 0 Å². The van der Waals surface area contributed by atoms with Gasteiger partial charge in [0.2, 0.25) is 5.91 Å². The van der Waals surface area contributed by atoms with Gasteiger partial charge in [0.25, 0.3) is 0 Å². The predicted molar refractivity (Wildman–Crippen MR) is 62.3 cm³/mol. The van der Waals surface area contributed by atoms with Crippen molar-refractivity contribution in [1.29, 1.82) is 0 Å². The lowest BCUT2D eigenvalue weighted by Crippen LogP contribution is -2.32. The first-order valence-electron chi connectivity index (χ1n) is 5.50. The summed E-state index contributed by atoms with van der Waals surface area (Å²) in [5.41, 5.74) is 0.478. The number of anilines is 1. The number of aromatic hydroxyl groups is 1. The van der Waals surface area contributed by atoms with Crippen LogP contribution in [0.4, 0.5) is 5.69 Å². The highest BCUT2D eigenvalue weighted by Gasteiger charge is 2.29. The fourth-order valence-electron chi connectivity index (χ4n) is 2.02. The molecular weight excluding hydrogens is 204 g/mol. The average molecular weight is 220 g/mol. The maximum atomic E-state index is 11.9. The summed E-state index contributed by atoms with van der Waals surface area (Å²) in [6.45, 7) is 2.88. The number of carbonyl (C=O) groups is 1. The first kappa shape index (κ1) is 11.0. The van der Waals surface area contributed by atoms with E-state index in [4.69, 9.17) is 0 Å².